The number of rotatable bonds is 7. The molecule has 1 amide bonds. The summed E-state index contributed by atoms with van der Waals surface area (Å²) < 4.78 is 23.2. The number of aromatic nitrogens is 1. The van der Waals surface area contributed by atoms with Crippen LogP contribution in [0.3, 0.4) is 0 Å². The molecule has 0 aliphatic heterocycles. The van der Waals surface area contributed by atoms with Crippen molar-refractivity contribution in [1.82, 2.24) is 10.3 Å². The Morgan fingerprint density at radius 1 is 1.27 bits per heavy atom. The monoisotopic (exact) mass is 434 g/mol. The lowest BCUT2D eigenvalue weighted by molar-refractivity contribution is -0.384. The van der Waals surface area contributed by atoms with Crippen LogP contribution in [0.15, 0.2) is 23.1 Å². The number of aromatic amines is 1. The summed E-state index contributed by atoms with van der Waals surface area (Å²) in [6.45, 7) is 2.09. The van der Waals surface area contributed by atoms with Crippen molar-refractivity contribution in [2.24, 2.45) is 0 Å². The van der Waals surface area contributed by atoms with Crippen molar-refractivity contribution in [3.63, 3.8) is 0 Å². The van der Waals surface area contributed by atoms with E-state index in [1.165, 1.54) is 12.1 Å². The van der Waals surface area contributed by atoms with Crippen LogP contribution in [0.1, 0.15) is 44.9 Å². The van der Waals surface area contributed by atoms with Crippen LogP contribution in [-0.2, 0) is 16.3 Å². The number of nitro benzene ring substituents is 1. The predicted octanol–water partition coefficient (Wildman–Crippen LogP) is 2.00. The summed E-state index contributed by atoms with van der Waals surface area (Å²) in [5.74, 6) is -0.325. The number of aryl methyl sites for hydroxylation is 1. The van der Waals surface area contributed by atoms with E-state index in [-0.39, 0.29) is 41.1 Å². The fourth-order valence-corrected chi connectivity index (χ4v) is 4.15. The number of hydrogen-bond donors (Lipinski definition) is 3. The maximum atomic E-state index is 12.5. The Balaban J connectivity index is 1.64. The third-order valence-corrected chi connectivity index (χ3v) is 6.09. The van der Waals surface area contributed by atoms with Crippen LogP contribution in [-0.4, -0.2) is 49.4 Å². The lowest BCUT2D eigenvalue weighted by Gasteiger charge is -2.10. The molecule has 0 saturated heterocycles. The SMILES string of the molecule is Cc1c(C(=O)NCCNc2ccc(S(C)(=O)=O)cc2[N+](=O)[O-])[nH]c2c1C(=O)CCC2. The van der Waals surface area contributed by atoms with Gasteiger partial charge in [-0.1, -0.05) is 0 Å². The highest BCUT2D eigenvalue weighted by molar-refractivity contribution is 7.90. The quantitative estimate of drug-likeness (QED) is 0.342. The molecule has 1 heterocycles. The van der Waals surface area contributed by atoms with Crippen molar-refractivity contribution in [3.05, 3.63) is 50.8 Å². The van der Waals surface area contributed by atoms with Crippen LogP contribution >= 0.6 is 0 Å². The molecule has 0 spiro atoms. The van der Waals surface area contributed by atoms with Gasteiger partial charge in [0.25, 0.3) is 11.6 Å². The number of ketones is 1. The lowest BCUT2D eigenvalue weighted by Crippen LogP contribution is -2.29. The van der Waals surface area contributed by atoms with Crippen LogP contribution in [0.4, 0.5) is 11.4 Å². The van der Waals surface area contributed by atoms with Crippen LogP contribution < -0.4 is 10.6 Å². The number of carbonyl (C=O) groups excluding carboxylic acids is 2. The molecule has 3 rings (SSSR count). The van der Waals surface area contributed by atoms with Gasteiger partial charge >= 0.3 is 0 Å². The van der Waals surface area contributed by atoms with E-state index < -0.39 is 14.8 Å². The van der Waals surface area contributed by atoms with Crippen molar-refractivity contribution in [2.75, 3.05) is 24.7 Å². The maximum Gasteiger partial charge on any atom is 0.293 e. The Bertz CT molecular complexity index is 1140. The number of H-pyrrole nitrogens is 1. The number of anilines is 1. The normalized spacial score (nSPS) is 13.6. The number of amides is 1. The number of nitro groups is 1. The van der Waals surface area contributed by atoms with Crippen molar-refractivity contribution < 1.29 is 22.9 Å². The molecule has 10 nitrogen and oxygen atoms in total. The van der Waals surface area contributed by atoms with E-state index in [1.54, 1.807) is 6.92 Å². The number of benzene rings is 1. The van der Waals surface area contributed by atoms with Gasteiger partial charge in [0.2, 0.25) is 0 Å². The molecule has 0 fully saturated rings. The number of hydrogen-bond acceptors (Lipinski definition) is 7. The largest absolute Gasteiger partial charge is 0.378 e. The molecule has 11 heteroatoms. The summed E-state index contributed by atoms with van der Waals surface area (Å²) in [6.07, 6.45) is 2.94. The molecule has 2 aromatic rings. The Labute approximate surface area is 173 Å². The summed E-state index contributed by atoms with van der Waals surface area (Å²) in [7, 11) is -3.57. The van der Waals surface area contributed by atoms with E-state index in [9.17, 15) is 28.1 Å². The van der Waals surface area contributed by atoms with E-state index in [0.29, 0.717) is 23.2 Å². The minimum atomic E-state index is -3.57. The molecule has 1 aromatic heterocycles. The van der Waals surface area contributed by atoms with Gasteiger partial charge in [-0.25, -0.2) is 8.42 Å². The first kappa shape index (κ1) is 21.5. The molecule has 30 heavy (non-hydrogen) atoms. The fourth-order valence-electron chi connectivity index (χ4n) is 3.51. The Morgan fingerprint density at radius 2 is 2.00 bits per heavy atom. The van der Waals surface area contributed by atoms with Crippen molar-refractivity contribution >= 4 is 32.9 Å². The fraction of sp³-hybridized carbons (Fsp3) is 0.368. The molecule has 0 radical (unpaired) electrons. The molecule has 0 atom stereocenters. The van der Waals surface area contributed by atoms with Gasteiger partial charge in [0.15, 0.2) is 15.6 Å². The minimum absolute atomic E-state index is 0.0376. The van der Waals surface area contributed by atoms with Gasteiger partial charge in [-0.2, -0.15) is 0 Å². The van der Waals surface area contributed by atoms with E-state index in [0.717, 1.165) is 30.9 Å². The van der Waals surface area contributed by atoms with Crippen molar-refractivity contribution in [3.8, 4) is 0 Å². The second-order valence-corrected chi connectivity index (χ2v) is 9.16. The van der Waals surface area contributed by atoms with Crippen LogP contribution in [0.5, 0.6) is 0 Å². The zero-order valence-corrected chi connectivity index (χ0v) is 17.4. The molecular formula is C19H22N4O6S. The highest BCUT2D eigenvalue weighted by Crippen LogP contribution is 2.28. The van der Waals surface area contributed by atoms with Crippen molar-refractivity contribution in [1.29, 1.82) is 0 Å². The van der Waals surface area contributed by atoms with Gasteiger partial charge in [-0.05, 0) is 37.5 Å². The third-order valence-electron chi connectivity index (χ3n) is 4.98. The standard InChI is InChI=1S/C19H22N4O6S/c1-11-17-14(4-3-5-16(17)24)22-18(11)19(25)21-9-8-20-13-7-6-12(30(2,28)29)10-15(13)23(26)27/h6-7,10,20,22H,3-5,8-9H2,1-2H3,(H,21,25). The average molecular weight is 434 g/mol. The van der Waals surface area contributed by atoms with Gasteiger partial charge < -0.3 is 15.6 Å². The summed E-state index contributed by atoms with van der Waals surface area (Å²) in [4.78, 5) is 38.0. The first-order chi connectivity index (χ1) is 14.1. The minimum Gasteiger partial charge on any atom is -0.378 e. The Hall–Kier alpha value is -3.21. The van der Waals surface area contributed by atoms with E-state index in [4.69, 9.17) is 0 Å². The zero-order valence-electron chi connectivity index (χ0n) is 16.6. The van der Waals surface area contributed by atoms with Gasteiger partial charge in [-0.3, -0.25) is 19.7 Å². The van der Waals surface area contributed by atoms with Gasteiger partial charge in [-0.15, -0.1) is 0 Å². The molecule has 0 unspecified atom stereocenters. The smallest absolute Gasteiger partial charge is 0.293 e. The second kappa shape index (κ2) is 8.27. The predicted molar refractivity (Wildman–Crippen MR) is 110 cm³/mol. The number of nitrogens with zero attached hydrogens (tertiary/aromatic N) is 1. The summed E-state index contributed by atoms with van der Waals surface area (Å²) >= 11 is 0. The van der Waals surface area contributed by atoms with E-state index in [1.807, 2.05) is 0 Å². The molecule has 0 saturated carbocycles. The highest BCUT2D eigenvalue weighted by Gasteiger charge is 2.26. The molecule has 1 aliphatic rings. The molecule has 1 aromatic carbocycles. The van der Waals surface area contributed by atoms with Gasteiger partial charge in [0.1, 0.15) is 11.4 Å². The first-order valence-corrected chi connectivity index (χ1v) is 11.2. The average Bonchev–Trinajstić information content (AvgIpc) is 3.02. The number of Topliss-reactive ketones (excluding diaryl/α,β-unsaturated/α-hetero) is 1. The summed E-state index contributed by atoms with van der Waals surface area (Å²) in [5, 5.41) is 16.8. The van der Waals surface area contributed by atoms with Gasteiger partial charge in [0, 0.05) is 43.1 Å². The van der Waals surface area contributed by atoms with Crippen LogP contribution in [0, 0.1) is 17.0 Å². The zero-order chi connectivity index (χ0) is 22.1. The van der Waals surface area contributed by atoms with E-state index >= 15 is 0 Å². The Kier molecular flexibility index (Phi) is 5.92. The molecular weight excluding hydrogens is 412 g/mol. The van der Waals surface area contributed by atoms with Crippen LogP contribution in [0.25, 0.3) is 0 Å². The maximum absolute atomic E-state index is 12.5. The molecule has 0 bridgehead atoms. The second-order valence-electron chi connectivity index (χ2n) is 7.15. The number of carbonyl (C=O) groups is 2. The van der Waals surface area contributed by atoms with Crippen LogP contribution in [0.2, 0.25) is 0 Å². The molecule has 160 valence electrons. The molecule has 1 aliphatic carbocycles. The highest BCUT2D eigenvalue weighted by atomic mass is 32.2. The number of sulfone groups is 1. The third kappa shape index (κ3) is 4.35. The van der Waals surface area contributed by atoms with Crippen molar-refractivity contribution in [2.45, 2.75) is 31.1 Å². The van der Waals surface area contributed by atoms with Gasteiger partial charge in [0.05, 0.1) is 9.82 Å². The first-order valence-electron chi connectivity index (χ1n) is 9.34. The van der Waals surface area contributed by atoms with E-state index in [2.05, 4.69) is 15.6 Å². The summed E-state index contributed by atoms with van der Waals surface area (Å²) in [6, 6.07) is 3.61. The molecule has 3 N–H and O–H groups in total. The topological polar surface area (TPSA) is 151 Å². The Morgan fingerprint density at radius 3 is 2.63 bits per heavy atom. The lowest BCUT2D eigenvalue weighted by atomic mass is 9.94. The summed E-state index contributed by atoms with van der Waals surface area (Å²) in [5.41, 5.74) is 2.15. The number of fused-ring (bicyclic) bond motifs is 1. The number of nitrogens with one attached hydrogen (secondary N) is 3.